The molecule has 16 heteroatoms. The van der Waals surface area contributed by atoms with Gasteiger partial charge in [0.1, 0.15) is 10.3 Å². The van der Waals surface area contributed by atoms with Crippen molar-refractivity contribution in [3.63, 3.8) is 0 Å². The molecule has 0 aromatic carbocycles. The van der Waals surface area contributed by atoms with Gasteiger partial charge in [-0.15, -0.1) is 10.2 Å². The molecule has 0 radical (unpaired) electrons. The number of pyridine rings is 2. The summed E-state index contributed by atoms with van der Waals surface area (Å²) in [6.07, 6.45) is 11.4. The smallest absolute Gasteiger partial charge is 0.870 e. The number of carbonyl (C=O) groups excluding carboxylic acids is 1. The molecule has 4 aromatic heterocycles. The quantitative estimate of drug-likeness (QED) is 0.148. The van der Waals surface area contributed by atoms with E-state index < -0.39 is 11.9 Å². The van der Waals surface area contributed by atoms with Crippen LogP contribution >= 0.6 is 23.2 Å². The first-order valence-corrected chi connectivity index (χ1v) is 15.5. The van der Waals surface area contributed by atoms with Gasteiger partial charge in [-0.3, -0.25) is 0 Å². The Morgan fingerprint density at radius 3 is 1.62 bits per heavy atom. The molecule has 4 heterocycles. The van der Waals surface area contributed by atoms with E-state index in [1.165, 1.54) is 56.4 Å². The van der Waals surface area contributed by atoms with Gasteiger partial charge in [0.2, 0.25) is 11.8 Å². The zero-order valence-corrected chi connectivity index (χ0v) is 27.3. The zero-order chi connectivity index (χ0) is 31.3. The SMILES string of the molecule is COC(=O)c1ccc(-n2ccc(OCC3CC34CC4)n2)nc1Cl.O=C(O)c1ccc(-n2ccc(OCC3CC34CC4)n2)nc1Cl.[Li+].[OH-]. The maximum atomic E-state index is 11.5. The van der Waals surface area contributed by atoms with Crippen LogP contribution in [0, 0.1) is 22.7 Å². The molecule has 0 amide bonds. The van der Waals surface area contributed by atoms with Gasteiger partial charge in [-0.1, -0.05) is 23.2 Å². The van der Waals surface area contributed by atoms with Gasteiger partial charge in [0.05, 0.1) is 31.5 Å². The van der Waals surface area contributed by atoms with Crippen LogP contribution in [0.4, 0.5) is 0 Å². The maximum Gasteiger partial charge on any atom is 1.00 e. The Bertz CT molecular complexity index is 1790. The molecule has 2 spiro atoms. The van der Waals surface area contributed by atoms with Crippen LogP contribution in [-0.4, -0.2) is 72.4 Å². The topological polar surface area (TPSA) is 173 Å². The Balaban J connectivity index is 0.000000177. The van der Waals surface area contributed by atoms with E-state index in [0.29, 0.717) is 52.7 Å². The molecule has 242 valence electrons. The maximum absolute atomic E-state index is 11.5. The number of hydrogen-bond acceptors (Lipinski definition) is 10. The van der Waals surface area contributed by atoms with Crippen molar-refractivity contribution in [2.45, 2.75) is 38.5 Å². The number of ether oxygens (including phenoxy) is 3. The summed E-state index contributed by atoms with van der Waals surface area (Å²) in [6, 6.07) is 9.77. The van der Waals surface area contributed by atoms with Crippen LogP contribution in [-0.2, 0) is 4.74 Å². The number of methoxy groups -OCH3 is 1. The van der Waals surface area contributed by atoms with Crippen molar-refractivity contribution in [2.24, 2.45) is 22.7 Å². The average molecular weight is 677 g/mol. The first-order valence-electron chi connectivity index (χ1n) is 14.7. The second-order valence-electron chi connectivity index (χ2n) is 12.2. The van der Waals surface area contributed by atoms with Crippen molar-refractivity contribution in [3.8, 4) is 23.4 Å². The fraction of sp³-hybridized carbons (Fsp3) is 0.419. The van der Waals surface area contributed by atoms with Crippen LogP contribution in [0.15, 0.2) is 48.8 Å². The molecule has 4 aliphatic rings. The van der Waals surface area contributed by atoms with Gasteiger partial charge in [-0.25, -0.2) is 28.9 Å². The number of carboxylic acids is 1. The molecule has 4 aromatic rings. The minimum Gasteiger partial charge on any atom is -0.870 e. The molecule has 0 bridgehead atoms. The third-order valence-electron chi connectivity index (χ3n) is 9.27. The Labute approximate surface area is 292 Å². The number of rotatable bonds is 10. The van der Waals surface area contributed by atoms with E-state index >= 15 is 0 Å². The summed E-state index contributed by atoms with van der Waals surface area (Å²) in [5.41, 5.74) is 1.44. The zero-order valence-electron chi connectivity index (χ0n) is 25.8. The second-order valence-corrected chi connectivity index (χ2v) is 12.9. The van der Waals surface area contributed by atoms with E-state index in [1.807, 2.05) is 0 Å². The molecule has 0 aliphatic heterocycles. The van der Waals surface area contributed by atoms with Crippen molar-refractivity contribution < 1.29 is 53.2 Å². The Morgan fingerprint density at radius 1 is 0.809 bits per heavy atom. The second kappa shape index (κ2) is 13.5. The largest absolute Gasteiger partial charge is 1.00 e. The molecular formula is C31H31Cl2LiN6O7. The molecule has 8 rings (SSSR count). The monoisotopic (exact) mass is 676 g/mol. The third-order valence-corrected chi connectivity index (χ3v) is 9.85. The number of carbonyl (C=O) groups is 2. The molecule has 4 saturated carbocycles. The van der Waals surface area contributed by atoms with Crippen molar-refractivity contribution in [1.82, 2.24) is 29.5 Å². The van der Waals surface area contributed by atoms with Crippen LogP contribution in [0.25, 0.3) is 11.6 Å². The van der Waals surface area contributed by atoms with E-state index in [9.17, 15) is 9.59 Å². The van der Waals surface area contributed by atoms with Gasteiger partial charge >= 0.3 is 30.8 Å². The number of aromatic carboxylic acids is 1. The summed E-state index contributed by atoms with van der Waals surface area (Å²) >= 11 is 11.9. The van der Waals surface area contributed by atoms with Gasteiger partial charge in [0.15, 0.2) is 11.6 Å². The summed E-state index contributed by atoms with van der Waals surface area (Å²) in [6.45, 7) is 1.44. The average Bonchev–Trinajstić information content (AvgIpc) is 4.01. The van der Waals surface area contributed by atoms with E-state index in [-0.39, 0.29) is 45.8 Å². The van der Waals surface area contributed by atoms with Crippen molar-refractivity contribution >= 4 is 35.1 Å². The normalized spacial score (nSPS) is 19.7. The fourth-order valence-corrected chi connectivity index (χ4v) is 6.26. The standard InChI is InChI=1S/C16H16ClN3O3.C15H14ClN3O3.Li.H2O/c1-22-15(21)11-2-3-12(18-14(11)17)20-7-4-13(19-20)23-9-10-8-16(10)5-6-16;16-13-10(14(20)21)1-2-11(17-13)19-6-3-12(18-19)22-8-9-7-15(9)4-5-15;;/h2-4,7,10H,5-6,8-9H2,1H3;1-3,6,9H,4-5,7-8H2,(H,20,21);;1H2/q;;+1;/p-1. The van der Waals surface area contributed by atoms with Crippen LogP contribution in [0.2, 0.25) is 10.3 Å². The predicted molar refractivity (Wildman–Crippen MR) is 164 cm³/mol. The van der Waals surface area contributed by atoms with Gasteiger partial charge in [-0.05, 0) is 85.5 Å². The number of halogens is 2. The number of esters is 1. The molecular weight excluding hydrogens is 646 g/mol. The fourth-order valence-electron chi connectivity index (χ4n) is 5.80. The summed E-state index contributed by atoms with van der Waals surface area (Å²) in [5, 5.41) is 17.6. The Hall–Kier alpha value is -3.60. The molecule has 2 atom stereocenters. The molecule has 2 N–H and O–H groups in total. The predicted octanol–water partition coefficient (Wildman–Crippen LogP) is 2.51. The van der Waals surface area contributed by atoms with Crippen LogP contribution in [0.5, 0.6) is 11.8 Å². The van der Waals surface area contributed by atoms with Crippen molar-refractivity contribution in [2.75, 3.05) is 20.3 Å². The molecule has 13 nitrogen and oxygen atoms in total. The number of nitrogens with zero attached hydrogens (tertiary/aromatic N) is 6. The number of hydrogen-bond donors (Lipinski definition) is 1. The molecule has 2 unspecified atom stereocenters. The van der Waals surface area contributed by atoms with E-state index in [2.05, 4.69) is 24.9 Å². The third kappa shape index (κ3) is 7.45. The first-order chi connectivity index (χ1) is 21.7. The van der Waals surface area contributed by atoms with Crippen LogP contribution in [0.3, 0.4) is 0 Å². The Morgan fingerprint density at radius 2 is 1.26 bits per heavy atom. The van der Waals surface area contributed by atoms with Gasteiger partial charge in [0, 0.05) is 24.5 Å². The van der Waals surface area contributed by atoms with Crippen LogP contribution < -0.4 is 28.3 Å². The summed E-state index contributed by atoms with van der Waals surface area (Å²) in [7, 11) is 1.30. The Kier molecular flexibility index (Phi) is 9.96. The van der Waals surface area contributed by atoms with Crippen LogP contribution in [0.1, 0.15) is 59.2 Å². The van der Waals surface area contributed by atoms with E-state index in [1.54, 1.807) is 47.4 Å². The molecule has 4 aliphatic carbocycles. The molecule has 47 heavy (non-hydrogen) atoms. The summed E-state index contributed by atoms with van der Waals surface area (Å²) < 4.78 is 19.2. The summed E-state index contributed by atoms with van der Waals surface area (Å²) in [4.78, 5) is 30.7. The van der Waals surface area contributed by atoms with Crippen molar-refractivity contribution in [3.05, 3.63) is 70.2 Å². The number of carboxylic acid groups (broad SMARTS) is 1. The summed E-state index contributed by atoms with van der Waals surface area (Å²) in [5.74, 6) is 1.84. The minimum absolute atomic E-state index is 0. The minimum atomic E-state index is -1.10. The number of aromatic nitrogens is 6. The van der Waals surface area contributed by atoms with Gasteiger partial charge in [0.25, 0.3) is 0 Å². The van der Waals surface area contributed by atoms with Gasteiger partial charge < -0.3 is 24.8 Å². The van der Waals surface area contributed by atoms with E-state index in [4.69, 9.17) is 37.8 Å². The molecule has 4 fully saturated rings. The van der Waals surface area contributed by atoms with Gasteiger partial charge in [-0.2, -0.15) is 0 Å². The van der Waals surface area contributed by atoms with Crippen molar-refractivity contribution in [1.29, 1.82) is 0 Å². The van der Waals surface area contributed by atoms with E-state index in [0.717, 1.165) is 6.61 Å². The molecule has 0 saturated heterocycles. The first kappa shape index (κ1) is 34.7.